The van der Waals surface area contributed by atoms with Gasteiger partial charge in [0, 0.05) is 6.07 Å². The van der Waals surface area contributed by atoms with Crippen LogP contribution in [0.5, 0.6) is 23.0 Å². The molecule has 0 heterocycles. The minimum Gasteiger partial charge on any atom is -0.457 e. The quantitative estimate of drug-likeness (QED) is 0.499. The van der Waals surface area contributed by atoms with Gasteiger partial charge in [-0.25, -0.2) is 0 Å². The molecule has 2 aliphatic rings. The first-order valence-electron chi connectivity index (χ1n) is 10.7. The third kappa shape index (κ3) is 4.21. The van der Waals surface area contributed by atoms with E-state index in [4.69, 9.17) is 9.47 Å². The highest BCUT2D eigenvalue weighted by Crippen LogP contribution is 2.33. The van der Waals surface area contributed by atoms with E-state index in [1.807, 2.05) is 0 Å². The Hall–Kier alpha value is -4.58. The van der Waals surface area contributed by atoms with E-state index in [1.165, 1.54) is 24.3 Å². The van der Waals surface area contributed by atoms with Crippen LogP contribution >= 0.6 is 0 Å². The molecule has 3 aromatic carbocycles. The van der Waals surface area contributed by atoms with Crippen molar-refractivity contribution >= 4 is 23.1 Å². The van der Waals surface area contributed by atoms with Gasteiger partial charge in [0.05, 0.1) is 0 Å². The fourth-order valence-electron chi connectivity index (χ4n) is 4.04. The van der Waals surface area contributed by atoms with Crippen molar-refractivity contribution in [1.29, 1.82) is 0 Å². The maximum atomic E-state index is 12.0. The molecule has 0 aliphatic heterocycles. The standard InChI is InChI=1S/C28H18O6/c29-23-10-11-24(30)27(23)17-4-1-6-19(14-17)33-21-8-3-9-22(16-21)34-20-7-2-5-18(15-20)28-25(31)12-13-26(28)32/h1-16,27-28H. The van der Waals surface area contributed by atoms with E-state index >= 15 is 0 Å². The van der Waals surface area contributed by atoms with Crippen LogP contribution in [-0.4, -0.2) is 23.1 Å². The molecular weight excluding hydrogens is 432 g/mol. The van der Waals surface area contributed by atoms with Gasteiger partial charge < -0.3 is 9.47 Å². The van der Waals surface area contributed by atoms with E-state index in [9.17, 15) is 19.2 Å². The first-order chi connectivity index (χ1) is 16.5. The molecule has 0 amide bonds. The minimum absolute atomic E-state index is 0.239. The summed E-state index contributed by atoms with van der Waals surface area (Å²) in [5.41, 5.74) is 1.15. The second-order valence-electron chi connectivity index (χ2n) is 7.97. The van der Waals surface area contributed by atoms with Crippen molar-refractivity contribution in [3.8, 4) is 23.0 Å². The van der Waals surface area contributed by atoms with Gasteiger partial charge in [-0.05, 0) is 71.8 Å². The Morgan fingerprint density at radius 1 is 0.441 bits per heavy atom. The van der Waals surface area contributed by atoms with Crippen LogP contribution in [0.4, 0.5) is 0 Å². The van der Waals surface area contributed by atoms with E-state index in [2.05, 4.69) is 0 Å². The molecule has 6 heteroatoms. The summed E-state index contributed by atoms with van der Waals surface area (Å²) in [5, 5.41) is 0. The summed E-state index contributed by atoms with van der Waals surface area (Å²) in [6.45, 7) is 0. The molecule has 5 rings (SSSR count). The minimum atomic E-state index is -0.820. The summed E-state index contributed by atoms with van der Waals surface area (Å²) in [6.07, 6.45) is 5.19. The Balaban J connectivity index is 1.33. The molecule has 0 bridgehead atoms. The number of carbonyl (C=O) groups is 4. The van der Waals surface area contributed by atoms with E-state index in [-0.39, 0.29) is 23.1 Å². The zero-order valence-electron chi connectivity index (χ0n) is 17.8. The first kappa shape index (κ1) is 21.3. The lowest BCUT2D eigenvalue weighted by Crippen LogP contribution is -2.12. The fourth-order valence-corrected chi connectivity index (χ4v) is 4.04. The summed E-state index contributed by atoms with van der Waals surface area (Å²) in [6, 6.07) is 20.7. The molecule has 3 aromatic rings. The molecule has 0 fully saturated rings. The second-order valence-corrected chi connectivity index (χ2v) is 7.97. The molecule has 0 spiro atoms. The topological polar surface area (TPSA) is 86.7 Å². The van der Waals surface area contributed by atoms with E-state index < -0.39 is 11.8 Å². The molecule has 0 saturated carbocycles. The molecule has 0 N–H and O–H groups in total. The van der Waals surface area contributed by atoms with Gasteiger partial charge in [0.25, 0.3) is 0 Å². The number of rotatable bonds is 6. The summed E-state index contributed by atoms with van der Waals surface area (Å²) in [7, 11) is 0. The Bertz CT molecular complexity index is 1260. The lowest BCUT2D eigenvalue weighted by Gasteiger charge is -2.13. The monoisotopic (exact) mass is 450 g/mol. The van der Waals surface area contributed by atoms with Crippen molar-refractivity contribution in [3.05, 3.63) is 108 Å². The third-order valence-corrected chi connectivity index (χ3v) is 5.62. The first-order valence-corrected chi connectivity index (χ1v) is 10.7. The van der Waals surface area contributed by atoms with Gasteiger partial charge in [-0.2, -0.15) is 0 Å². The summed E-state index contributed by atoms with van der Waals surface area (Å²) < 4.78 is 11.9. The molecule has 2 aliphatic carbocycles. The van der Waals surface area contributed by atoms with Gasteiger partial charge in [-0.3, -0.25) is 19.2 Å². The van der Waals surface area contributed by atoms with Gasteiger partial charge in [0.15, 0.2) is 23.1 Å². The number of carbonyl (C=O) groups excluding carboxylic acids is 4. The predicted molar refractivity (Wildman–Crippen MR) is 123 cm³/mol. The van der Waals surface area contributed by atoms with Crippen LogP contribution in [0.1, 0.15) is 23.0 Å². The molecule has 6 nitrogen and oxygen atoms in total. The fraction of sp³-hybridized carbons (Fsp3) is 0.0714. The average Bonchev–Trinajstić information content (AvgIpc) is 3.34. The van der Waals surface area contributed by atoms with Crippen molar-refractivity contribution < 1.29 is 28.7 Å². The van der Waals surface area contributed by atoms with Crippen LogP contribution in [0.2, 0.25) is 0 Å². The normalized spacial score (nSPS) is 16.0. The van der Waals surface area contributed by atoms with Crippen molar-refractivity contribution in [2.24, 2.45) is 0 Å². The molecule has 0 atom stereocenters. The maximum absolute atomic E-state index is 12.0. The highest BCUT2D eigenvalue weighted by Gasteiger charge is 2.30. The molecular formula is C28H18O6. The van der Waals surface area contributed by atoms with Gasteiger partial charge >= 0.3 is 0 Å². The van der Waals surface area contributed by atoms with Crippen molar-refractivity contribution in [2.45, 2.75) is 11.8 Å². The molecule has 0 unspecified atom stereocenters. The van der Waals surface area contributed by atoms with Crippen molar-refractivity contribution in [1.82, 2.24) is 0 Å². The summed E-state index contributed by atoms with van der Waals surface area (Å²) in [5.74, 6) is -0.638. The van der Waals surface area contributed by atoms with Crippen LogP contribution < -0.4 is 9.47 Å². The number of allylic oxidation sites excluding steroid dienone is 4. The molecule has 0 saturated heterocycles. The predicted octanol–water partition coefficient (Wildman–Crippen LogP) is 4.85. The van der Waals surface area contributed by atoms with Gasteiger partial charge in [0.2, 0.25) is 0 Å². The van der Waals surface area contributed by atoms with Crippen LogP contribution in [0.3, 0.4) is 0 Å². The SMILES string of the molecule is O=C1C=CC(=O)C1c1cccc(Oc2cccc(Oc3cccc(C4C(=O)C=CC4=O)c3)c2)c1. The lowest BCUT2D eigenvalue weighted by molar-refractivity contribution is -0.124. The Kier molecular flexibility index (Phi) is 5.47. The van der Waals surface area contributed by atoms with E-state index in [0.717, 1.165) is 0 Å². The van der Waals surface area contributed by atoms with E-state index in [0.29, 0.717) is 34.1 Å². The van der Waals surface area contributed by atoms with Crippen LogP contribution in [0, 0.1) is 0 Å². The Labute approximate surface area is 195 Å². The zero-order valence-corrected chi connectivity index (χ0v) is 17.8. The third-order valence-electron chi connectivity index (χ3n) is 5.62. The van der Waals surface area contributed by atoms with E-state index in [1.54, 1.807) is 72.8 Å². The van der Waals surface area contributed by atoms with Crippen LogP contribution in [0.25, 0.3) is 0 Å². The number of benzene rings is 3. The second kappa shape index (κ2) is 8.75. The number of ether oxygens (including phenoxy) is 2. The summed E-state index contributed by atoms with van der Waals surface area (Å²) >= 11 is 0. The average molecular weight is 450 g/mol. The molecule has 166 valence electrons. The number of ketones is 4. The molecule has 0 aromatic heterocycles. The largest absolute Gasteiger partial charge is 0.457 e. The summed E-state index contributed by atoms with van der Waals surface area (Å²) in [4.78, 5) is 48.0. The van der Waals surface area contributed by atoms with Crippen molar-refractivity contribution in [3.63, 3.8) is 0 Å². The lowest BCUT2D eigenvalue weighted by atomic mass is 9.95. The molecule has 0 radical (unpaired) electrons. The number of hydrogen-bond acceptors (Lipinski definition) is 6. The number of hydrogen-bond donors (Lipinski definition) is 0. The van der Waals surface area contributed by atoms with Crippen molar-refractivity contribution in [2.75, 3.05) is 0 Å². The van der Waals surface area contributed by atoms with Crippen LogP contribution in [0.15, 0.2) is 97.1 Å². The maximum Gasteiger partial charge on any atom is 0.171 e. The highest BCUT2D eigenvalue weighted by atomic mass is 16.5. The zero-order chi connectivity index (χ0) is 23.7. The van der Waals surface area contributed by atoms with Gasteiger partial charge in [-0.1, -0.05) is 30.3 Å². The van der Waals surface area contributed by atoms with Gasteiger partial charge in [-0.15, -0.1) is 0 Å². The molecule has 34 heavy (non-hydrogen) atoms. The smallest absolute Gasteiger partial charge is 0.171 e. The Morgan fingerprint density at radius 3 is 1.15 bits per heavy atom. The van der Waals surface area contributed by atoms with Crippen LogP contribution in [-0.2, 0) is 19.2 Å². The highest BCUT2D eigenvalue weighted by molar-refractivity contribution is 6.23. The van der Waals surface area contributed by atoms with Gasteiger partial charge in [0.1, 0.15) is 34.8 Å². The Morgan fingerprint density at radius 2 is 0.765 bits per heavy atom.